The van der Waals surface area contributed by atoms with Gasteiger partial charge in [0.2, 0.25) is 0 Å². The molecule has 2 rings (SSSR count). The van der Waals surface area contributed by atoms with Crippen molar-refractivity contribution in [2.24, 2.45) is 4.99 Å². The Morgan fingerprint density at radius 3 is 2.79 bits per heavy atom. The second-order valence-electron chi connectivity index (χ2n) is 5.37. The third-order valence-electron chi connectivity index (χ3n) is 3.42. The van der Waals surface area contributed by atoms with Gasteiger partial charge in [0.05, 0.1) is 12.9 Å². The predicted octanol–water partition coefficient (Wildman–Crippen LogP) is 2.44. The highest BCUT2D eigenvalue weighted by Crippen LogP contribution is 2.17. The summed E-state index contributed by atoms with van der Waals surface area (Å²) >= 11 is 0. The third-order valence-corrected chi connectivity index (χ3v) is 3.42. The van der Waals surface area contributed by atoms with E-state index in [1.807, 2.05) is 48.9 Å². The minimum atomic E-state index is 0. The molecule has 0 saturated heterocycles. The zero-order valence-corrected chi connectivity index (χ0v) is 16.7. The van der Waals surface area contributed by atoms with E-state index in [1.165, 1.54) is 0 Å². The van der Waals surface area contributed by atoms with Crippen LogP contribution in [0.4, 0.5) is 0 Å². The number of guanidine groups is 1. The van der Waals surface area contributed by atoms with Gasteiger partial charge in [-0.15, -0.1) is 24.0 Å². The molecule has 0 saturated carbocycles. The Morgan fingerprint density at radius 1 is 1.33 bits per heavy atom. The number of halogens is 1. The second kappa shape index (κ2) is 10.9. The Kier molecular flexibility index (Phi) is 9.21. The van der Waals surface area contributed by atoms with E-state index >= 15 is 0 Å². The van der Waals surface area contributed by atoms with Gasteiger partial charge in [-0.3, -0.25) is 4.99 Å². The molecule has 1 aromatic heterocycles. The van der Waals surface area contributed by atoms with Crippen LogP contribution in [0.15, 0.2) is 48.0 Å². The van der Waals surface area contributed by atoms with Crippen molar-refractivity contribution in [2.75, 3.05) is 20.1 Å². The minimum absolute atomic E-state index is 0. The van der Waals surface area contributed by atoms with Gasteiger partial charge in [-0.1, -0.05) is 18.2 Å². The molecule has 1 aromatic carbocycles. The third kappa shape index (κ3) is 6.77. The average molecular weight is 443 g/mol. The molecular formula is C17H26IN5O. The Labute approximate surface area is 160 Å². The second-order valence-corrected chi connectivity index (χ2v) is 5.37. The lowest BCUT2D eigenvalue weighted by Gasteiger charge is -2.18. The number of imidazole rings is 1. The molecule has 7 heteroatoms. The maximum Gasteiger partial charge on any atom is 0.191 e. The fraction of sp³-hybridized carbons (Fsp3) is 0.412. The van der Waals surface area contributed by atoms with Crippen molar-refractivity contribution in [1.29, 1.82) is 0 Å². The van der Waals surface area contributed by atoms with E-state index in [2.05, 4.69) is 20.6 Å². The largest absolute Gasteiger partial charge is 0.489 e. The molecule has 0 aliphatic carbocycles. The summed E-state index contributed by atoms with van der Waals surface area (Å²) in [7, 11) is 1.76. The predicted molar refractivity (Wildman–Crippen MR) is 108 cm³/mol. The van der Waals surface area contributed by atoms with Gasteiger partial charge in [0, 0.05) is 32.5 Å². The van der Waals surface area contributed by atoms with E-state index in [9.17, 15) is 0 Å². The molecule has 1 heterocycles. The highest BCUT2D eigenvalue weighted by Gasteiger charge is 2.07. The topological polar surface area (TPSA) is 63.5 Å². The first-order valence-electron chi connectivity index (χ1n) is 7.81. The molecule has 0 aliphatic heterocycles. The van der Waals surface area contributed by atoms with Crippen molar-refractivity contribution in [3.63, 3.8) is 0 Å². The molecular weight excluding hydrogens is 417 g/mol. The Hall–Kier alpha value is -1.77. The summed E-state index contributed by atoms with van der Waals surface area (Å²) in [6.07, 6.45) is 5.56. The van der Waals surface area contributed by atoms with Crippen LogP contribution < -0.4 is 15.4 Å². The molecule has 2 N–H and O–H groups in total. The van der Waals surface area contributed by atoms with Gasteiger partial charge in [0.15, 0.2) is 5.96 Å². The highest BCUT2D eigenvalue weighted by molar-refractivity contribution is 14.0. The van der Waals surface area contributed by atoms with E-state index in [0.29, 0.717) is 6.54 Å². The lowest BCUT2D eigenvalue weighted by molar-refractivity contribution is 0.222. The molecule has 0 bridgehead atoms. The molecule has 0 spiro atoms. The van der Waals surface area contributed by atoms with Gasteiger partial charge < -0.3 is 19.9 Å². The first kappa shape index (κ1) is 20.3. The Bertz CT molecular complexity index is 615. The van der Waals surface area contributed by atoms with E-state index in [4.69, 9.17) is 4.74 Å². The number of nitrogens with zero attached hydrogens (tertiary/aromatic N) is 3. The van der Waals surface area contributed by atoms with Gasteiger partial charge >= 0.3 is 0 Å². The standard InChI is InChI=1S/C17H25N5O.HI/c1-14-6-4-5-7-16(14)23-15(2)12-21-17(18-3)20-9-11-22-10-8-19-13-22;/h4-8,10,13,15H,9,11-12H2,1-3H3,(H2,18,20,21);1H. The number of hydrogen-bond acceptors (Lipinski definition) is 3. The lowest BCUT2D eigenvalue weighted by Crippen LogP contribution is -2.42. The lowest BCUT2D eigenvalue weighted by atomic mass is 10.2. The number of nitrogens with one attached hydrogen (secondary N) is 2. The van der Waals surface area contributed by atoms with Crippen molar-refractivity contribution < 1.29 is 4.74 Å². The number of aryl methyl sites for hydroxylation is 1. The van der Waals surface area contributed by atoms with Crippen LogP contribution in [0.1, 0.15) is 12.5 Å². The van der Waals surface area contributed by atoms with Crippen LogP contribution in [0.2, 0.25) is 0 Å². The first-order chi connectivity index (χ1) is 11.2. The summed E-state index contributed by atoms with van der Waals surface area (Å²) in [6, 6.07) is 8.03. The smallest absolute Gasteiger partial charge is 0.191 e. The zero-order valence-electron chi connectivity index (χ0n) is 14.4. The van der Waals surface area contributed by atoms with Crippen molar-refractivity contribution in [2.45, 2.75) is 26.5 Å². The van der Waals surface area contributed by atoms with Crippen molar-refractivity contribution >= 4 is 29.9 Å². The van der Waals surface area contributed by atoms with E-state index in [1.54, 1.807) is 19.6 Å². The molecule has 6 nitrogen and oxygen atoms in total. The van der Waals surface area contributed by atoms with E-state index < -0.39 is 0 Å². The monoisotopic (exact) mass is 443 g/mol. The van der Waals surface area contributed by atoms with Crippen molar-refractivity contribution in [3.05, 3.63) is 48.5 Å². The number of para-hydroxylation sites is 1. The van der Waals surface area contributed by atoms with Crippen LogP contribution in [-0.4, -0.2) is 41.8 Å². The highest BCUT2D eigenvalue weighted by atomic mass is 127. The number of hydrogen-bond donors (Lipinski definition) is 2. The Balaban J connectivity index is 0.00000288. The summed E-state index contributed by atoms with van der Waals surface area (Å²) in [5.74, 6) is 1.69. The maximum atomic E-state index is 5.95. The van der Waals surface area contributed by atoms with Gasteiger partial charge in [-0.2, -0.15) is 0 Å². The summed E-state index contributed by atoms with van der Waals surface area (Å²) in [6.45, 7) is 6.39. The number of aliphatic imine (C=N–C) groups is 1. The average Bonchev–Trinajstić information content (AvgIpc) is 3.06. The molecule has 132 valence electrons. The van der Waals surface area contributed by atoms with Crippen LogP contribution in [-0.2, 0) is 6.54 Å². The van der Waals surface area contributed by atoms with Gasteiger partial charge in [0.1, 0.15) is 11.9 Å². The van der Waals surface area contributed by atoms with Gasteiger partial charge in [0.25, 0.3) is 0 Å². The minimum Gasteiger partial charge on any atom is -0.489 e. The number of benzene rings is 1. The molecule has 2 aromatic rings. The Morgan fingerprint density at radius 2 is 2.12 bits per heavy atom. The summed E-state index contributed by atoms with van der Waals surface area (Å²) in [4.78, 5) is 8.24. The van der Waals surface area contributed by atoms with Crippen LogP contribution in [0.5, 0.6) is 5.75 Å². The summed E-state index contributed by atoms with van der Waals surface area (Å²) in [5.41, 5.74) is 1.14. The number of aromatic nitrogens is 2. The SMILES string of the molecule is CN=C(NCCn1ccnc1)NCC(C)Oc1ccccc1C.I. The molecule has 0 amide bonds. The van der Waals surface area contributed by atoms with Crippen LogP contribution >= 0.6 is 24.0 Å². The maximum absolute atomic E-state index is 5.95. The van der Waals surface area contributed by atoms with Crippen molar-refractivity contribution in [1.82, 2.24) is 20.2 Å². The normalized spacial score (nSPS) is 12.2. The first-order valence-corrected chi connectivity index (χ1v) is 7.81. The molecule has 0 aliphatic rings. The number of rotatable bonds is 7. The molecule has 0 fully saturated rings. The van der Waals surface area contributed by atoms with Crippen LogP contribution in [0.25, 0.3) is 0 Å². The van der Waals surface area contributed by atoms with Gasteiger partial charge in [-0.25, -0.2) is 4.98 Å². The summed E-state index contributed by atoms with van der Waals surface area (Å²) in [5, 5.41) is 6.55. The molecule has 1 atom stereocenters. The fourth-order valence-corrected chi connectivity index (χ4v) is 2.13. The molecule has 1 unspecified atom stereocenters. The van der Waals surface area contributed by atoms with E-state index in [-0.39, 0.29) is 30.1 Å². The fourth-order valence-electron chi connectivity index (χ4n) is 2.13. The van der Waals surface area contributed by atoms with Gasteiger partial charge in [-0.05, 0) is 25.5 Å². The molecule has 24 heavy (non-hydrogen) atoms. The zero-order chi connectivity index (χ0) is 16.5. The quantitative estimate of drug-likeness (QED) is 0.392. The van der Waals surface area contributed by atoms with E-state index in [0.717, 1.165) is 30.4 Å². The van der Waals surface area contributed by atoms with Crippen molar-refractivity contribution in [3.8, 4) is 5.75 Å². The number of ether oxygens (including phenoxy) is 1. The summed E-state index contributed by atoms with van der Waals surface area (Å²) < 4.78 is 7.96. The van der Waals surface area contributed by atoms with Crippen LogP contribution in [0, 0.1) is 6.92 Å². The molecule has 0 radical (unpaired) electrons. The van der Waals surface area contributed by atoms with Crippen LogP contribution in [0.3, 0.4) is 0 Å².